The first-order valence-electron chi connectivity index (χ1n) is 9.14. The van der Waals surface area contributed by atoms with E-state index in [1.807, 2.05) is 18.2 Å². The Morgan fingerprint density at radius 3 is 2.38 bits per heavy atom. The van der Waals surface area contributed by atoms with Crippen molar-refractivity contribution in [2.24, 2.45) is 0 Å². The minimum atomic E-state index is -3.82. The molecule has 1 amide bonds. The number of anilines is 1. The number of hydrogen-bond donors (Lipinski definition) is 1. The number of carbonyl (C=O) groups is 1. The quantitative estimate of drug-likeness (QED) is 0.681. The molecular weight excluding hydrogens is 414 g/mol. The molecule has 2 heterocycles. The summed E-state index contributed by atoms with van der Waals surface area (Å²) in [6, 6.07) is 13.6. The number of aryl methyl sites for hydroxylation is 1. The Morgan fingerprint density at radius 2 is 1.72 bits per heavy atom. The molecule has 0 atom stereocenters. The second-order valence-corrected chi connectivity index (χ2v) is 9.20. The van der Waals surface area contributed by atoms with E-state index in [9.17, 15) is 13.2 Å². The fourth-order valence-electron chi connectivity index (χ4n) is 3.79. The zero-order chi connectivity index (χ0) is 20.8. The first kappa shape index (κ1) is 19.6. The van der Waals surface area contributed by atoms with Gasteiger partial charge < -0.3 is 14.9 Å². The van der Waals surface area contributed by atoms with Crippen LogP contribution in [0.4, 0.5) is 10.5 Å². The number of fused-ring (bicyclic) bond motifs is 1. The molecule has 152 valence electrons. The van der Waals surface area contributed by atoms with E-state index in [-0.39, 0.29) is 4.90 Å². The van der Waals surface area contributed by atoms with Crippen LogP contribution in [0, 0.1) is 6.92 Å². The van der Waals surface area contributed by atoms with E-state index in [0.29, 0.717) is 42.4 Å². The van der Waals surface area contributed by atoms with Crippen molar-refractivity contribution in [1.29, 1.82) is 0 Å². The average Bonchev–Trinajstić information content (AvgIpc) is 3.04. The topological polar surface area (TPSA) is 82.8 Å². The maximum atomic E-state index is 13.3. The van der Waals surface area contributed by atoms with E-state index in [1.54, 1.807) is 25.1 Å². The lowest BCUT2D eigenvalue weighted by Gasteiger charge is -2.35. The molecule has 0 radical (unpaired) electrons. The highest BCUT2D eigenvalue weighted by Gasteiger charge is 2.25. The van der Waals surface area contributed by atoms with Crippen molar-refractivity contribution < 1.29 is 18.3 Å². The number of hydrogen-bond acceptors (Lipinski definition) is 4. The van der Waals surface area contributed by atoms with Gasteiger partial charge in [-0.15, -0.1) is 0 Å². The molecule has 1 N–H and O–H groups in total. The monoisotopic (exact) mass is 433 g/mol. The molecule has 1 fully saturated rings. The highest BCUT2D eigenvalue weighted by molar-refractivity contribution is 7.90. The Bertz CT molecular complexity index is 1200. The molecule has 0 saturated carbocycles. The van der Waals surface area contributed by atoms with Crippen molar-refractivity contribution in [3.8, 4) is 0 Å². The van der Waals surface area contributed by atoms with Gasteiger partial charge in [-0.05, 0) is 43.3 Å². The van der Waals surface area contributed by atoms with Crippen LogP contribution in [0.25, 0.3) is 10.9 Å². The number of nitrogens with zero attached hydrogens (tertiary/aromatic N) is 3. The predicted octanol–water partition coefficient (Wildman–Crippen LogP) is 3.64. The van der Waals surface area contributed by atoms with E-state index in [4.69, 9.17) is 16.7 Å². The number of piperazine rings is 1. The summed E-state index contributed by atoms with van der Waals surface area (Å²) in [5.74, 6) is 0. The molecular formula is C20H20ClN3O4S. The second-order valence-electron chi connectivity index (χ2n) is 6.98. The van der Waals surface area contributed by atoms with Crippen LogP contribution in [0.3, 0.4) is 0 Å². The lowest BCUT2D eigenvalue weighted by molar-refractivity contribution is 0.142. The smallest absolute Gasteiger partial charge is 0.407 e. The van der Waals surface area contributed by atoms with E-state index in [0.717, 1.165) is 11.1 Å². The van der Waals surface area contributed by atoms with Crippen molar-refractivity contribution in [3.05, 3.63) is 59.2 Å². The number of benzene rings is 2. The zero-order valence-electron chi connectivity index (χ0n) is 15.7. The minimum absolute atomic E-state index is 0.131. The molecule has 1 saturated heterocycles. The highest BCUT2D eigenvalue weighted by Crippen LogP contribution is 2.33. The van der Waals surface area contributed by atoms with Crippen LogP contribution in [0.5, 0.6) is 0 Å². The van der Waals surface area contributed by atoms with Gasteiger partial charge in [-0.1, -0.05) is 23.7 Å². The molecule has 3 aromatic rings. The Kier molecular flexibility index (Phi) is 4.92. The zero-order valence-corrected chi connectivity index (χ0v) is 17.3. The van der Waals surface area contributed by atoms with Crippen molar-refractivity contribution in [2.75, 3.05) is 31.1 Å². The highest BCUT2D eigenvalue weighted by atomic mass is 35.5. The van der Waals surface area contributed by atoms with Gasteiger partial charge in [0.25, 0.3) is 10.0 Å². The Balaban J connectivity index is 1.78. The van der Waals surface area contributed by atoms with Crippen LogP contribution >= 0.6 is 11.6 Å². The Hall–Kier alpha value is -2.71. The maximum Gasteiger partial charge on any atom is 0.407 e. The van der Waals surface area contributed by atoms with E-state index >= 15 is 0 Å². The molecule has 0 unspecified atom stereocenters. The lowest BCUT2D eigenvalue weighted by Crippen LogP contribution is -2.48. The van der Waals surface area contributed by atoms with Gasteiger partial charge in [0.05, 0.1) is 10.4 Å². The standard InChI is InChI=1S/C20H20ClN3O4S/c1-14-12-17-18(22-8-10-23(11-9-22)20(25)26)6-3-7-19(17)24(14)29(27,28)16-5-2-4-15(21)13-16/h2-7,12-13H,8-11H2,1H3,(H,25,26). The molecule has 7 nitrogen and oxygen atoms in total. The summed E-state index contributed by atoms with van der Waals surface area (Å²) in [4.78, 5) is 14.8. The summed E-state index contributed by atoms with van der Waals surface area (Å²) < 4.78 is 28.0. The number of amides is 1. The fraction of sp³-hybridized carbons (Fsp3) is 0.250. The summed E-state index contributed by atoms with van der Waals surface area (Å²) in [5.41, 5.74) is 2.08. The summed E-state index contributed by atoms with van der Waals surface area (Å²) in [6.45, 7) is 3.68. The van der Waals surface area contributed by atoms with Gasteiger partial charge in [0, 0.05) is 48.0 Å². The molecule has 2 aromatic carbocycles. The third-order valence-corrected chi connectivity index (χ3v) is 7.23. The molecule has 1 aliphatic heterocycles. The number of halogens is 1. The first-order valence-corrected chi connectivity index (χ1v) is 11.0. The van der Waals surface area contributed by atoms with Gasteiger partial charge in [0.1, 0.15) is 0 Å². The Morgan fingerprint density at radius 1 is 1.03 bits per heavy atom. The van der Waals surface area contributed by atoms with Crippen molar-refractivity contribution in [3.63, 3.8) is 0 Å². The maximum absolute atomic E-state index is 13.3. The number of carboxylic acid groups (broad SMARTS) is 1. The fourth-order valence-corrected chi connectivity index (χ4v) is 5.63. The number of rotatable bonds is 3. The molecule has 29 heavy (non-hydrogen) atoms. The lowest BCUT2D eigenvalue weighted by atomic mass is 10.1. The van der Waals surface area contributed by atoms with Crippen molar-refractivity contribution >= 4 is 44.3 Å². The molecule has 1 aliphatic rings. The number of aromatic nitrogens is 1. The van der Waals surface area contributed by atoms with E-state index in [2.05, 4.69) is 4.90 Å². The summed E-state index contributed by atoms with van der Waals surface area (Å²) in [6.07, 6.45) is -0.919. The molecule has 9 heteroatoms. The average molecular weight is 434 g/mol. The van der Waals surface area contributed by atoms with Crippen LogP contribution < -0.4 is 4.90 Å². The normalized spacial score (nSPS) is 15.1. The van der Waals surface area contributed by atoms with E-state index < -0.39 is 16.1 Å². The van der Waals surface area contributed by atoms with Gasteiger partial charge in [0.2, 0.25) is 0 Å². The van der Waals surface area contributed by atoms with Crippen molar-refractivity contribution in [1.82, 2.24) is 8.87 Å². The van der Waals surface area contributed by atoms with Crippen LogP contribution in [-0.2, 0) is 10.0 Å². The van der Waals surface area contributed by atoms with Gasteiger partial charge in [0.15, 0.2) is 0 Å². The SMILES string of the molecule is Cc1cc2c(N3CCN(C(=O)O)CC3)cccc2n1S(=O)(=O)c1cccc(Cl)c1. The van der Waals surface area contributed by atoms with Gasteiger partial charge >= 0.3 is 6.09 Å². The predicted molar refractivity (Wildman–Crippen MR) is 113 cm³/mol. The largest absolute Gasteiger partial charge is 0.465 e. The van der Waals surface area contributed by atoms with Crippen LogP contribution in [0.2, 0.25) is 5.02 Å². The molecule has 0 aliphatic carbocycles. The van der Waals surface area contributed by atoms with Gasteiger partial charge in [-0.25, -0.2) is 17.2 Å². The molecule has 1 aromatic heterocycles. The van der Waals surface area contributed by atoms with Crippen LogP contribution in [0.15, 0.2) is 53.4 Å². The van der Waals surface area contributed by atoms with Crippen molar-refractivity contribution in [2.45, 2.75) is 11.8 Å². The summed E-state index contributed by atoms with van der Waals surface area (Å²) >= 11 is 6.00. The van der Waals surface area contributed by atoms with Gasteiger partial charge in [-0.2, -0.15) is 0 Å². The Labute approximate surface area is 173 Å². The molecule has 4 rings (SSSR count). The molecule has 0 bridgehead atoms. The van der Waals surface area contributed by atoms with Crippen LogP contribution in [0.1, 0.15) is 5.69 Å². The van der Waals surface area contributed by atoms with Crippen LogP contribution in [-0.4, -0.2) is 54.7 Å². The third kappa shape index (κ3) is 3.42. The first-order chi connectivity index (χ1) is 13.8. The second kappa shape index (κ2) is 7.27. The summed E-state index contributed by atoms with van der Waals surface area (Å²) in [7, 11) is -3.82. The van der Waals surface area contributed by atoms with Gasteiger partial charge in [-0.3, -0.25) is 0 Å². The minimum Gasteiger partial charge on any atom is -0.465 e. The van der Waals surface area contributed by atoms with E-state index in [1.165, 1.54) is 21.0 Å². The third-order valence-electron chi connectivity index (χ3n) is 5.18. The molecule has 0 spiro atoms. The summed E-state index contributed by atoms with van der Waals surface area (Å²) in [5, 5.41) is 10.3.